The number of fused-ring (bicyclic) bond motifs is 5. The molecule has 2 aliphatic heterocycles. The lowest BCUT2D eigenvalue weighted by Gasteiger charge is -2.42. The summed E-state index contributed by atoms with van der Waals surface area (Å²) in [7, 11) is -3.50. The van der Waals surface area contributed by atoms with E-state index in [2.05, 4.69) is 0 Å². The molecule has 2 unspecified atom stereocenters. The van der Waals surface area contributed by atoms with Crippen molar-refractivity contribution in [3.63, 3.8) is 0 Å². The topological polar surface area (TPSA) is 59.4 Å². The largest absolute Gasteiger partial charge is 0.312 e. The van der Waals surface area contributed by atoms with Gasteiger partial charge >= 0.3 is 0 Å². The van der Waals surface area contributed by atoms with Crippen molar-refractivity contribution in [1.82, 2.24) is 8.87 Å². The second kappa shape index (κ2) is 6.31. The fraction of sp³-hybridized carbons (Fsp3) is 0.476. The quantitative estimate of drug-likeness (QED) is 0.799. The minimum atomic E-state index is -3.50. The highest BCUT2D eigenvalue weighted by Gasteiger charge is 2.39. The lowest BCUT2D eigenvalue weighted by molar-refractivity contribution is 0.186. The van der Waals surface area contributed by atoms with Gasteiger partial charge in [0.15, 0.2) is 0 Å². The first kappa shape index (κ1) is 17.2. The molecule has 0 spiro atoms. The Bertz CT molecular complexity index is 1060. The summed E-state index contributed by atoms with van der Waals surface area (Å²) in [6.45, 7) is 1.57. The maximum atomic E-state index is 13.3. The van der Waals surface area contributed by atoms with Crippen LogP contribution in [0.5, 0.6) is 0 Å². The van der Waals surface area contributed by atoms with Crippen molar-refractivity contribution in [3.8, 4) is 0 Å². The third-order valence-electron chi connectivity index (χ3n) is 6.40. The third-order valence-corrected chi connectivity index (χ3v) is 8.23. The molecule has 0 saturated carbocycles. The van der Waals surface area contributed by atoms with Crippen LogP contribution in [0.4, 0.5) is 0 Å². The lowest BCUT2D eigenvalue weighted by atomic mass is 9.84. The summed E-state index contributed by atoms with van der Waals surface area (Å²) in [5, 5.41) is 0. The van der Waals surface area contributed by atoms with Gasteiger partial charge in [0.1, 0.15) is 0 Å². The van der Waals surface area contributed by atoms with Crippen LogP contribution in [0.15, 0.2) is 46.1 Å². The molecule has 5 rings (SSSR count). The van der Waals surface area contributed by atoms with E-state index in [1.807, 2.05) is 22.8 Å². The molecule has 1 saturated heterocycles. The van der Waals surface area contributed by atoms with Crippen LogP contribution in [-0.2, 0) is 29.4 Å². The molecule has 142 valence electrons. The maximum Gasteiger partial charge on any atom is 0.250 e. The molecule has 27 heavy (non-hydrogen) atoms. The van der Waals surface area contributed by atoms with E-state index in [0.29, 0.717) is 24.5 Å². The number of aryl methyl sites for hydroxylation is 2. The minimum Gasteiger partial charge on any atom is -0.312 e. The Morgan fingerprint density at radius 3 is 2.59 bits per heavy atom. The Kier molecular flexibility index (Phi) is 4.02. The van der Waals surface area contributed by atoms with E-state index in [0.717, 1.165) is 31.4 Å². The van der Waals surface area contributed by atoms with Gasteiger partial charge in [0.25, 0.3) is 5.56 Å². The number of rotatable bonds is 2. The van der Waals surface area contributed by atoms with Gasteiger partial charge in [-0.15, -0.1) is 0 Å². The van der Waals surface area contributed by atoms with Gasteiger partial charge in [-0.2, -0.15) is 4.31 Å². The Morgan fingerprint density at radius 1 is 0.926 bits per heavy atom. The summed E-state index contributed by atoms with van der Waals surface area (Å²) in [4.78, 5) is 12.6. The fourth-order valence-corrected chi connectivity index (χ4v) is 6.68. The predicted octanol–water partition coefficient (Wildman–Crippen LogP) is 2.54. The van der Waals surface area contributed by atoms with E-state index >= 15 is 0 Å². The molecule has 2 bridgehead atoms. The number of nitrogens with zero attached hydrogens (tertiary/aromatic N) is 2. The van der Waals surface area contributed by atoms with Gasteiger partial charge in [-0.1, -0.05) is 12.1 Å². The third kappa shape index (κ3) is 2.86. The number of piperidine rings is 1. The Hall–Kier alpha value is -1.92. The second-order valence-electron chi connectivity index (χ2n) is 8.16. The zero-order valence-electron chi connectivity index (χ0n) is 15.3. The number of sulfonamides is 1. The molecule has 6 heteroatoms. The summed E-state index contributed by atoms with van der Waals surface area (Å²) < 4.78 is 30.2. The van der Waals surface area contributed by atoms with Crippen LogP contribution in [0.3, 0.4) is 0 Å². The smallest absolute Gasteiger partial charge is 0.250 e. The van der Waals surface area contributed by atoms with Gasteiger partial charge < -0.3 is 4.57 Å². The molecular weight excluding hydrogens is 360 g/mol. The normalized spacial score (nSPS) is 24.9. The minimum absolute atomic E-state index is 0.0215. The molecule has 2 atom stereocenters. The van der Waals surface area contributed by atoms with E-state index in [-0.39, 0.29) is 17.4 Å². The van der Waals surface area contributed by atoms with Gasteiger partial charge in [-0.3, -0.25) is 4.79 Å². The summed E-state index contributed by atoms with van der Waals surface area (Å²) >= 11 is 0. The Balaban J connectivity index is 1.48. The molecule has 1 fully saturated rings. The van der Waals surface area contributed by atoms with Crippen LogP contribution in [0, 0.1) is 5.92 Å². The molecule has 1 aliphatic carbocycles. The molecule has 0 N–H and O–H groups in total. The molecule has 1 aromatic carbocycles. The summed E-state index contributed by atoms with van der Waals surface area (Å²) in [5.41, 5.74) is 3.48. The Labute approximate surface area is 159 Å². The first-order valence-electron chi connectivity index (χ1n) is 9.84. The molecule has 1 aromatic heterocycles. The van der Waals surface area contributed by atoms with Crippen molar-refractivity contribution in [2.75, 3.05) is 13.1 Å². The van der Waals surface area contributed by atoms with Crippen molar-refractivity contribution in [2.45, 2.75) is 49.5 Å². The zero-order valence-corrected chi connectivity index (χ0v) is 16.1. The van der Waals surface area contributed by atoms with E-state index in [9.17, 15) is 13.2 Å². The van der Waals surface area contributed by atoms with Crippen molar-refractivity contribution < 1.29 is 8.42 Å². The summed E-state index contributed by atoms with van der Waals surface area (Å²) in [6.07, 6.45) is 5.30. The van der Waals surface area contributed by atoms with E-state index < -0.39 is 10.0 Å². The van der Waals surface area contributed by atoms with Crippen molar-refractivity contribution in [2.24, 2.45) is 5.92 Å². The van der Waals surface area contributed by atoms with Crippen LogP contribution in [0.25, 0.3) is 0 Å². The first-order chi connectivity index (χ1) is 13.0. The predicted molar refractivity (Wildman–Crippen MR) is 103 cm³/mol. The summed E-state index contributed by atoms with van der Waals surface area (Å²) in [5.74, 6) is 0.294. The van der Waals surface area contributed by atoms with Crippen LogP contribution >= 0.6 is 0 Å². The van der Waals surface area contributed by atoms with Crippen LogP contribution in [0.1, 0.15) is 42.0 Å². The lowest BCUT2D eigenvalue weighted by Crippen LogP contribution is -2.49. The molecule has 3 heterocycles. The van der Waals surface area contributed by atoms with Gasteiger partial charge in [0.2, 0.25) is 10.0 Å². The number of hydrogen-bond donors (Lipinski definition) is 0. The van der Waals surface area contributed by atoms with E-state index in [1.54, 1.807) is 22.5 Å². The van der Waals surface area contributed by atoms with Gasteiger partial charge in [-0.25, -0.2) is 8.42 Å². The van der Waals surface area contributed by atoms with Crippen LogP contribution < -0.4 is 5.56 Å². The van der Waals surface area contributed by atoms with Crippen molar-refractivity contribution in [1.29, 1.82) is 0 Å². The number of aromatic nitrogens is 1. The molecule has 2 aromatic rings. The van der Waals surface area contributed by atoms with Crippen molar-refractivity contribution >= 4 is 10.0 Å². The second-order valence-corrected chi connectivity index (χ2v) is 10.1. The van der Waals surface area contributed by atoms with Gasteiger partial charge in [-0.05, 0) is 67.3 Å². The number of hydrogen-bond acceptors (Lipinski definition) is 3. The highest BCUT2D eigenvalue weighted by molar-refractivity contribution is 7.89. The molecule has 0 amide bonds. The number of pyridine rings is 1. The maximum absolute atomic E-state index is 13.3. The van der Waals surface area contributed by atoms with Gasteiger partial charge in [0.05, 0.1) is 4.90 Å². The Morgan fingerprint density at radius 2 is 1.74 bits per heavy atom. The SMILES string of the molecule is O=c1cccc2n1CC1CC2CN(S(=O)(=O)c2ccc3c(c2)CCCC3)C1. The fourth-order valence-electron chi connectivity index (χ4n) is 5.07. The average molecular weight is 385 g/mol. The van der Waals surface area contributed by atoms with Crippen LogP contribution in [-0.4, -0.2) is 30.4 Å². The number of benzene rings is 1. The van der Waals surface area contributed by atoms with Crippen molar-refractivity contribution in [3.05, 3.63) is 63.6 Å². The highest BCUT2D eigenvalue weighted by Crippen LogP contribution is 2.37. The van der Waals surface area contributed by atoms with Gasteiger partial charge in [0, 0.05) is 37.3 Å². The highest BCUT2D eigenvalue weighted by atomic mass is 32.2. The standard InChI is InChI=1S/C21H24N2O3S/c24-21-7-3-6-20-18-10-15(13-23(20)21)12-22(14-18)27(25,26)19-9-8-16-4-1-2-5-17(16)11-19/h3,6-9,11,15,18H,1-2,4-5,10,12-14H2. The van der Waals surface area contributed by atoms with E-state index in [4.69, 9.17) is 0 Å². The summed E-state index contributed by atoms with van der Waals surface area (Å²) in [6, 6.07) is 11.0. The molecule has 5 nitrogen and oxygen atoms in total. The zero-order chi connectivity index (χ0) is 18.6. The average Bonchev–Trinajstić information content (AvgIpc) is 2.68. The monoisotopic (exact) mass is 384 g/mol. The first-order valence-corrected chi connectivity index (χ1v) is 11.3. The molecule has 3 aliphatic rings. The van der Waals surface area contributed by atoms with E-state index in [1.165, 1.54) is 17.5 Å². The molecular formula is C21H24N2O3S. The molecule has 0 radical (unpaired) electrons. The van der Waals surface area contributed by atoms with Crippen LogP contribution in [0.2, 0.25) is 0 Å².